The highest BCUT2D eigenvalue weighted by atomic mass is 32.1. The molecule has 0 atom stereocenters. The average molecular weight is 346 g/mol. The van der Waals surface area contributed by atoms with Crippen molar-refractivity contribution in [2.24, 2.45) is 0 Å². The van der Waals surface area contributed by atoms with E-state index in [1.165, 1.54) is 0 Å². The SMILES string of the molecule is O=C(Nc1ccc2nc(C3CC3)sc2c1)c1c(O)cc(F)cc1F. The Morgan fingerprint density at radius 2 is 2.04 bits per heavy atom. The third kappa shape index (κ3) is 2.71. The Kier molecular flexibility index (Phi) is 3.45. The summed E-state index contributed by atoms with van der Waals surface area (Å²) in [5, 5.41) is 13.2. The van der Waals surface area contributed by atoms with Crippen molar-refractivity contribution in [3.8, 4) is 5.75 Å². The van der Waals surface area contributed by atoms with Crippen LogP contribution in [0, 0.1) is 11.6 Å². The molecular weight excluding hydrogens is 334 g/mol. The Bertz CT molecular complexity index is 943. The second-order valence-corrected chi connectivity index (χ2v) is 6.81. The molecule has 0 bridgehead atoms. The minimum Gasteiger partial charge on any atom is -0.507 e. The van der Waals surface area contributed by atoms with Crippen molar-refractivity contribution in [1.82, 2.24) is 4.98 Å². The molecule has 1 saturated carbocycles. The van der Waals surface area contributed by atoms with E-state index in [9.17, 15) is 18.7 Å². The first-order chi connectivity index (χ1) is 11.5. The summed E-state index contributed by atoms with van der Waals surface area (Å²) < 4.78 is 27.7. The van der Waals surface area contributed by atoms with Crippen LogP contribution in [0.5, 0.6) is 5.75 Å². The molecule has 1 amide bonds. The molecule has 0 spiro atoms. The topological polar surface area (TPSA) is 62.2 Å². The van der Waals surface area contributed by atoms with Crippen LogP contribution in [0.15, 0.2) is 30.3 Å². The first-order valence-electron chi connectivity index (χ1n) is 7.41. The number of amides is 1. The van der Waals surface area contributed by atoms with E-state index in [0.29, 0.717) is 23.7 Å². The van der Waals surface area contributed by atoms with Crippen LogP contribution in [0.2, 0.25) is 0 Å². The fourth-order valence-corrected chi connectivity index (χ4v) is 3.68. The van der Waals surface area contributed by atoms with E-state index in [1.54, 1.807) is 29.5 Å². The molecule has 2 aromatic carbocycles. The van der Waals surface area contributed by atoms with Crippen LogP contribution in [0.25, 0.3) is 10.2 Å². The van der Waals surface area contributed by atoms with E-state index in [1.807, 2.05) is 0 Å². The summed E-state index contributed by atoms with van der Waals surface area (Å²) in [6.45, 7) is 0. The summed E-state index contributed by atoms with van der Waals surface area (Å²) in [4.78, 5) is 16.7. The van der Waals surface area contributed by atoms with Gasteiger partial charge in [-0.05, 0) is 31.0 Å². The van der Waals surface area contributed by atoms with Gasteiger partial charge in [-0.3, -0.25) is 4.79 Å². The third-order valence-corrected chi connectivity index (χ3v) is 5.03. The quantitative estimate of drug-likeness (QED) is 0.738. The van der Waals surface area contributed by atoms with Crippen molar-refractivity contribution in [2.45, 2.75) is 18.8 Å². The van der Waals surface area contributed by atoms with Gasteiger partial charge < -0.3 is 10.4 Å². The molecule has 122 valence electrons. The number of carbonyl (C=O) groups is 1. The summed E-state index contributed by atoms with van der Waals surface area (Å²) in [5.41, 5.74) is 0.733. The van der Waals surface area contributed by atoms with E-state index in [-0.39, 0.29) is 0 Å². The van der Waals surface area contributed by atoms with E-state index >= 15 is 0 Å². The lowest BCUT2D eigenvalue weighted by Crippen LogP contribution is -2.14. The molecule has 7 heteroatoms. The molecule has 24 heavy (non-hydrogen) atoms. The van der Waals surface area contributed by atoms with Crippen molar-refractivity contribution in [2.75, 3.05) is 5.32 Å². The zero-order valence-electron chi connectivity index (χ0n) is 12.3. The molecule has 0 saturated heterocycles. The van der Waals surface area contributed by atoms with Gasteiger partial charge >= 0.3 is 0 Å². The first-order valence-corrected chi connectivity index (χ1v) is 8.23. The van der Waals surface area contributed by atoms with Crippen LogP contribution in [0.3, 0.4) is 0 Å². The normalized spacial score (nSPS) is 14.1. The number of fused-ring (bicyclic) bond motifs is 1. The molecule has 1 aliphatic carbocycles. The summed E-state index contributed by atoms with van der Waals surface area (Å²) in [6.07, 6.45) is 2.32. The molecule has 4 nitrogen and oxygen atoms in total. The molecular formula is C17H12F2N2O2S. The molecule has 0 unspecified atom stereocenters. The van der Waals surface area contributed by atoms with Crippen molar-refractivity contribution in [1.29, 1.82) is 0 Å². The summed E-state index contributed by atoms with van der Waals surface area (Å²) in [6, 6.07) is 6.47. The number of aromatic nitrogens is 1. The number of anilines is 1. The number of phenols is 1. The van der Waals surface area contributed by atoms with Crippen molar-refractivity contribution >= 4 is 33.1 Å². The number of benzene rings is 2. The molecule has 3 aromatic rings. The van der Waals surface area contributed by atoms with E-state index in [2.05, 4.69) is 10.3 Å². The lowest BCUT2D eigenvalue weighted by atomic mass is 10.1. The van der Waals surface area contributed by atoms with Crippen molar-refractivity contribution < 1.29 is 18.7 Å². The van der Waals surface area contributed by atoms with E-state index < -0.39 is 28.9 Å². The Morgan fingerprint density at radius 3 is 2.75 bits per heavy atom. The van der Waals surface area contributed by atoms with Gasteiger partial charge in [-0.2, -0.15) is 0 Å². The van der Waals surface area contributed by atoms with Gasteiger partial charge in [0.25, 0.3) is 5.91 Å². The van der Waals surface area contributed by atoms with Crippen LogP contribution in [-0.4, -0.2) is 16.0 Å². The van der Waals surface area contributed by atoms with Gasteiger partial charge in [0.15, 0.2) is 0 Å². The molecule has 1 aromatic heterocycles. The highest BCUT2D eigenvalue weighted by Gasteiger charge is 2.27. The molecule has 1 fully saturated rings. The second-order valence-electron chi connectivity index (χ2n) is 5.74. The maximum atomic E-state index is 13.7. The minimum absolute atomic E-state index is 0.460. The Hall–Kier alpha value is -2.54. The van der Waals surface area contributed by atoms with Crippen LogP contribution in [0.1, 0.15) is 34.1 Å². The van der Waals surface area contributed by atoms with Gasteiger partial charge in [-0.1, -0.05) is 0 Å². The number of hydrogen-bond donors (Lipinski definition) is 2. The molecule has 4 rings (SSSR count). The first kappa shape index (κ1) is 15.0. The van der Waals surface area contributed by atoms with Gasteiger partial charge in [0.2, 0.25) is 0 Å². The van der Waals surface area contributed by atoms with Gasteiger partial charge in [0.05, 0.1) is 15.2 Å². The van der Waals surface area contributed by atoms with Gasteiger partial charge in [-0.15, -0.1) is 11.3 Å². The number of nitrogens with zero attached hydrogens (tertiary/aromatic N) is 1. The highest BCUT2D eigenvalue weighted by Crippen LogP contribution is 2.43. The summed E-state index contributed by atoms with van der Waals surface area (Å²) in [7, 11) is 0. The second kappa shape index (κ2) is 5.52. The average Bonchev–Trinajstić information content (AvgIpc) is 3.26. The molecule has 0 aliphatic heterocycles. The Morgan fingerprint density at radius 1 is 1.25 bits per heavy atom. The maximum Gasteiger partial charge on any atom is 0.262 e. The zero-order chi connectivity index (χ0) is 16.8. The number of rotatable bonds is 3. The van der Waals surface area contributed by atoms with Crippen LogP contribution in [0.4, 0.5) is 14.5 Å². The van der Waals surface area contributed by atoms with Crippen LogP contribution in [-0.2, 0) is 0 Å². The number of hydrogen-bond acceptors (Lipinski definition) is 4. The maximum absolute atomic E-state index is 13.7. The van der Waals surface area contributed by atoms with Gasteiger partial charge in [0, 0.05) is 23.7 Å². The number of halogens is 2. The van der Waals surface area contributed by atoms with Crippen molar-refractivity contribution in [3.05, 3.63) is 52.5 Å². The summed E-state index contributed by atoms with van der Waals surface area (Å²) >= 11 is 1.58. The number of thiazole rings is 1. The summed E-state index contributed by atoms with van der Waals surface area (Å²) in [5.74, 6) is -3.08. The van der Waals surface area contributed by atoms with Gasteiger partial charge in [0.1, 0.15) is 22.9 Å². The minimum atomic E-state index is -1.11. The Labute approximate surface area is 139 Å². The lowest BCUT2D eigenvalue weighted by Gasteiger charge is -2.08. The fourth-order valence-electron chi connectivity index (χ4n) is 2.50. The Balaban J connectivity index is 1.62. The number of nitrogens with one attached hydrogen (secondary N) is 1. The predicted octanol–water partition coefficient (Wildman–Crippen LogP) is 4.41. The van der Waals surface area contributed by atoms with Crippen LogP contribution < -0.4 is 5.32 Å². The molecule has 1 heterocycles. The molecule has 2 N–H and O–H groups in total. The largest absolute Gasteiger partial charge is 0.507 e. The highest BCUT2D eigenvalue weighted by molar-refractivity contribution is 7.18. The van der Waals surface area contributed by atoms with Gasteiger partial charge in [-0.25, -0.2) is 13.8 Å². The molecule has 0 radical (unpaired) electrons. The zero-order valence-corrected chi connectivity index (χ0v) is 13.2. The monoisotopic (exact) mass is 346 g/mol. The van der Waals surface area contributed by atoms with E-state index in [0.717, 1.165) is 28.1 Å². The van der Waals surface area contributed by atoms with Crippen molar-refractivity contribution in [3.63, 3.8) is 0 Å². The van der Waals surface area contributed by atoms with E-state index in [4.69, 9.17) is 0 Å². The smallest absolute Gasteiger partial charge is 0.262 e. The standard InChI is InChI=1S/C17H12F2N2O2S/c18-9-5-11(19)15(13(22)6-9)16(23)20-10-3-4-12-14(7-10)24-17(21-12)8-1-2-8/h3-8,22H,1-2H2,(H,20,23). The predicted molar refractivity (Wildman–Crippen MR) is 87.6 cm³/mol. The number of carbonyl (C=O) groups excluding carboxylic acids is 1. The third-order valence-electron chi connectivity index (χ3n) is 3.85. The number of aromatic hydroxyl groups is 1. The fraction of sp³-hybridized carbons (Fsp3) is 0.176. The number of phenolic OH excluding ortho intramolecular Hbond substituents is 1. The van der Waals surface area contributed by atoms with Crippen LogP contribution >= 0.6 is 11.3 Å². The lowest BCUT2D eigenvalue weighted by molar-refractivity contribution is 0.102. The molecule has 1 aliphatic rings.